The van der Waals surface area contributed by atoms with Crippen LogP contribution >= 0.6 is 0 Å². The van der Waals surface area contributed by atoms with E-state index < -0.39 is 0 Å². The van der Waals surface area contributed by atoms with Gasteiger partial charge >= 0.3 is 0 Å². The van der Waals surface area contributed by atoms with Gasteiger partial charge in [0.15, 0.2) is 6.29 Å². The van der Waals surface area contributed by atoms with E-state index >= 15 is 0 Å². The summed E-state index contributed by atoms with van der Waals surface area (Å²) in [4.78, 5) is 23.2. The summed E-state index contributed by atoms with van der Waals surface area (Å²) in [6.45, 7) is 1.57. The molecule has 1 aromatic carbocycles. The summed E-state index contributed by atoms with van der Waals surface area (Å²) in [7, 11) is 5.42. The molecule has 0 bridgehead atoms. The van der Waals surface area contributed by atoms with Crippen molar-refractivity contribution in [2.75, 3.05) is 34.4 Å². The average molecular weight is 436 g/mol. The third kappa shape index (κ3) is 6.04. The predicted molar refractivity (Wildman–Crippen MR) is 131 cm³/mol. The molecule has 6 heteroatoms. The van der Waals surface area contributed by atoms with Crippen LogP contribution in [-0.4, -0.2) is 64.2 Å². The molecule has 0 amide bonds. The second-order valence-corrected chi connectivity index (χ2v) is 8.03. The van der Waals surface area contributed by atoms with Gasteiger partial charge in [0.25, 0.3) is 0 Å². The van der Waals surface area contributed by atoms with E-state index in [1.165, 1.54) is 0 Å². The third-order valence-electron chi connectivity index (χ3n) is 5.84. The van der Waals surface area contributed by atoms with Gasteiger partial charge in [-0.3, -0.25) is 9.79 Å². The Hall–Kier alpha value is -2.99. The molecular formula is C26H33N3O3. The van der Waals surface area contributed by atoms with Gasteiger partial charge in [-0.05, 0) is 60.6 Å². The van der Waals surface area contributed by atoms with Gasteiger partial charge in [-0.25, -0.2) is 4.99 Å². The van der Waals surface area contributed by atoms with Gasteiger partial charge in [-0.2, -0.15) is 0 Å². The van der Waals surface area contributed by atoms with Crippen LogP contribution in [0.2, 0.25) is 0 Å². The van der Waals surface area contributed by atoms with Crippen molar-refractivity contribution >= 4 is 36.7 Å². The molecule has 1 heterocycles. The smallest absolute Gasteiger partial charge is 0.152 e. The fourth-order valence-electron chi connectivity index (χ4n) is 4.18. The molecule has 0 unspecified atom stereocenters. The largest absolute Gasteiger partial charge is 0.504 e. The number of methoxy groups -OCH3 is 1. The second-order valence-electron chi connectivity index (χ2n) is 8.03. The molecule has 0 spiro atoms. The Kier molecular flexibility index (Phi) is 8.99. The van der Waals surface area contributed by atoms with Crippen molar-refractivity contribution in [3.8, 4) is 0 Å². The maximum atomic E-state index is 12.0. The summed E-state index contributed by atoms with van der Waals surface area (Å²) in [5.74, 6) is 0. The second kappa shape index (κ2) is 12.2. The number of hydrogen-bond acceptors (Lipinski definition) is 5. The number of ether oxygens (including phenoxy) is 2. The summed E-state index contributed by atoms with van der Waals surface area (Å²) >= 11 is 0. The first-order valence-corrected chi connectivity index (χ1v) is 11.1. The molecule has 1 saturated heterocycles. The first kappa shape index (κ1) is 23.7. The van der Waals surface area contributed by atoms with Gasteiger partial charge in [0.2, 0.25) is 0 Å². The van der Waals surface area contributed by atoms with Crippen LogP contribution in [0, 0.1) is 0 Å². The molecule has 1 fully saturated rings. The predicted octanol–water partition coefficient (Wildman–Crippen LogP) is 2.95. The standard InChI is InChI=1S/C26H33N3O3/c1-27-17-20(7-6-12-31-3)15-21-16-22(18-30)26(25-9-5-4-8-24(21)25)28-19-29(2)23-10-13-32-14-11-23/h6-9,12,16-19,23H,4-5,10-11,13-15H2,1-3H3/b12-6+,20-7-,27-17?,28-19?. The van der Waals surface area contributed by atoms with Crippen molar-refractivity contribution in [2.45, 2.75) is 38.1 Å². The maximum absolute atomic E-state index is 12.0. The quantitative estimate of drug-likeness (QED) is 0.197. The number of carbonyl (C=O) groups is 1. The first-order chi connectivity index (χ1) is 15.7. The number of fused-ring (bicyclic) bond motifs is 1. The Balaban J connectivity index is 1.99. The van der Waals surface area contributed by atoms with E-state index in [0.717, 1.165) is 72.4 Å². The van der Waals surface area contributed by atoms with Crippen molar-refractivity contribution in [3.05, 3.63) is 51.6 Å². The SMILES string of the molecule is CN=C/C(=C\C=C\OC)Cc1cc(C=O)c(N=CN(C)C2CCOCC2)c2c1=CCCC=2. The molecule has 3 rings (SSSR count). The van der Waals surface area contributed by atoms with E-state index in [9.17, 15) is 4.79 Å². The molecule has 0 saturated carbocycles. The lowest BCUT2D eigenvalue weighted by Crippen LogP contribution is -2.36. The molecule has 0 N–H and O–H groups in total. The zero-order valence-electron chi connectivity index (χ0n) is 19.3. The highest BCUT2D eigenvalue weighted by Crippen LogP contribution is 2.17. The van der Waals surface area contributed by atoms with Gasteiger partial charge in [0, 0.05) is 50.3 Å². The van der Waals surface area contributed by atoms with Crippen LogP contribution in [0.15, 0.2) is 40.0 Å². The number of aliphatic imine (C=N–C) groups is 2. The lowest BCUT2D eigenvalue weighted by Gasteiger charge is -2.29. The van der Waals surface area contributed by atoms with E-state index in [2.05, 4.69) is 22.0 Å². The number of allylic oxidation sites excluding steroid dienone is 3. The molecule has 1 aromatic rings. The lowest BCUT2D eigenvalue weighted by molar-refractivity contribution is 0.0616. The first-order valence-electron chi connectivity index (χ1n) is 11.1. The van der Waals surface area contributed by atoms with Gasteiger partial charge in [0.1, 0.15) is 0 Å². The number of nitrogens with zero attached hydrogens (tertiary/aromatic N) is 3. The third-order valence-corrected chi connectivity index (χ3v) is 5.84. The Morgan fingerprint density at radius 3 is 2.69 bits per heavy atom. The van der Waals surface area contributed by atoms with E-state index in [0.29, 0.717) is 18.0 Å². The Bertz CT molecular complexity index is 1030. The fourth-order valence-corrected chi connectivity index (χ4v) is 4.18. The van der Waals surface area contributed by atoms with Crippen LogP contribution in [0.25, 0.3) is 12.2 Å². The highest BCUT2D eigenvalue weighted by molar-refractivity contribution is 5.86. The number of rotatable bonds is 9. The Morgan fingerprint density at radius 1 is 1.25 bits per heavy atom. The summed E-state index contributed by atoms with van der Waals surface area (Å²) < 4.78 is 10.5. The molecule has 0 radical (unpaired) electrons. The van der Waals surface area contributed by atoms with Crippen LogP contribution in [0.3, 0.4) is 0 Å². The number of carbonyl (C=O) groups excluding carboxylic acids is 1. The topological polar surface area (TPSA) is 63.5 Å². The van der Waals surface area contributed by atoms with Crippen LogP contribution < -0.4 is 10.4 Å². The number of benzene rings is 1. The van der Waals surface area contributed by atoms with Gasteiger partial charge in [-0.1, -0.05) is 18.2 Å². The van der Waals surface area contributed by atoms with Gasteiger partial charge in [0.05, 0.1) is 25.4 Å². The van der Waals surface area contributed by atoms with Gasteiger partial charge in [-0.15, -0.1) is 0 Å². The summed E-state index contributed by atoms with van der Waals surface area (Å²) in [6, 6.07) is 2.39. The average Bonchev–Trinajstić information content (AvgIpc) is 2.83. The zero-order chi connectivity index (χ0) is 22.8. The molecule has 170 valence electrons. The van der Waals surface area contributed by atoms with Crippen LogP contribution in [0.5, 0.6) is 0 Å². The molecule has 6 nitrogen and oxygen atoms in total. The van der Waals surface area contributed by atoms with Crippen LogP contribution in [0.4, 0.5) is 5.69 Å². The van der Waals surface area contributed by atoms with E-state index in [-0.39, 0.29) is 0 Å². The minimum Gasteiger partial charge on any atom is -0.504 e. The normalized spacial score (nSPS) is 17.4. The molecule has 1 aliphatic heterocycles. The molecular weight excluding hydrogens is 402 g/mol. The van der Waals surface area contributed by atoms with Gasteiger partial charge < -0.3 is 14.4 Å². The van der Waals surface area contributed by atoms with Crippen molar-refractivity contribution in [1.29, 1.82) is 0 Å². The molecule has 32 heavy (non-hydrogen) atoms. The van der Waals surface area contributed by atoms with Crippen molar-refractivity contribution < 1.29 is 14.3 Å². The Labute approximate surface area is 190 Å². The van der Waals surface area contributed by atoms with Crippen LogP contribution in [-0.2, 0) is 15.9 Å². The van der Waals surface area contributed by atoms with Crippen molar-refractivity contribution in [3.63, 3.8) is 0 Å². The van der Waals surface area contributed by atoms with Crippen molar-refractivity contribution in [2.24, 2.45) is 9.98 Å². The van der Waals surface area contributed by atoms with E-state index in [4.69, 9.17) is 14.5 Å². The molecule has 1 aliphatic carbocycles. The number of aldehydes is 1. The summed E-state index contributed by atoms with van der Waals surface area (Å²) in [5.41, 5.74) is 3.51. The Morgan fingerprint density at radius 2 is 2.00 bits per heavy atom. The molecule has 0 atom stereocenters. The zero-order valence-corrected chi connectivity index (χ0v) is 19.3. The highest BCUT2D eigenvalue weighted by Gasteiger charge is 2.17. The highest BCUT2D eigenvalue weighted by atomic mass is 16.5. The minimum absolute atomic E-state index is 0.416. The lowest BCUT2D eigenvalue weighted by atomic mass is 9.94. The van der Waals surface area contributed by atoms with E-state index in [1.807, 2.05) is 37.8 Å². The fraction of sp³-hybridized carbons (Fsp3) is 0.423. The maximum Gasteiger partial charge on any atom is 0.152 e. The number of hydrogen-bond donors (Lipinski definition) is 0. The molecule has 0 aromatic heterocycles. The summed E-state index contributed by atoms with van der Waals surface area (Å²) in [6.07, 6.45) is 19.1. The van der Waals surface area contributed by atoms with Crippen LogP contribution in [0.1, 0.15) is 41.6 Å². The molecule has 2 aliphatic rings. The monoisotopic (exact) mass is 435 g/mol. The van der Waals surface area contributed by atoms with Crippen molar-refractivity contribution in [1.82, 2.24) is 4.90 Å². The summed E-state index contributed by atoms with van der Waals surface area (Å²) in [5, 5.41) is 2.21. The van der Waals surface area contributed by atoms with E-state index in [1.54, 1.807) is 20.4 Å². The minimum atomic E-state index is 0.416.